The van der Waals surface area contributed by atoms with Crippen molar-refractivity contribution in [3.8, 4) is 0 Å². The number of nitrogens with zero attached hydrogens (tertiary/aromatic N) is 1. The zero-order valence-electron chi connectivity index (χ0n) is 10.4. The molecule has 1 aliphatic heterocycles. The van der Waals surface area contributed by atoms with Gasteiger partial charge in [-0.15, -0.1) is 0 Å². The molecule has 2 rings (SSSR count). The minimum Gasteiger partial charge on any atom is -0.342 e. The highest BCUT2D eigenvalue weighted by molar-refractivity contribution is 5.93. The van der Waals surface area contributed by atoms with Crippen molar-refractivity contribution >= 4 is 5.91 Å². The summed E-state index contributed by atoms with van der Waals surface area (Å²) in [7, 11) is 1.88. The van der Waals surface area contributed by atoms with Gasteiger partial charge in [-0.3, -0.25) is 4.79 Å². The minimum absolute atomic E-state index is 0.114. The predicted molar refractivity (Wildman–Crippen MR) is 69.0 cm³/mol. The third kappa shape index (κ3) is 3.30. The largest absolute Gasteiger partial charge is 0.342 e. The number of hydrogen-bond donors (Lipinski definition) is 1. The molecule has 1 atom stereocenters. The lowest BCUT2D eigenvalue weighted by molar-refractivity contribution is 0.0790. The average molecular weight is 232 g/mol. The van der Waals surface area contributed by atoms with E-state index >= 15 is 0 Å². The number of benzene rings is 1. The maximum atomic E-state index is 12.1. The lowest BCUT2D eigenvalue weighted by Gasteiger charge is -2.19. The van der Waals surface area contributed by atoms with Gasteiger partial charge in [-0.1, -0.05) is 18.2 Å². The molecule has 1 unspecified atom stereocenters. The van der Waals surface area contributed by atoms with E-state index in [1.165, 1.54) is 12.8 Å². The van der Waals surface area contributed by atoms with E-state index in [9.17, 15) is 4.79 Å². The van der Waals surface area contributed by atoms with Crippen LogP contribution in [0.4, 0.5) is 0 Å². The molecule has 0 radical (unpaired) electrons. The van der Waals surface area contributed by atoms with Crippen LogP contribution in [0.2, 0.25) is 0 Å². The van der Waals surface area contributed by atoms with Gasteiger partial charge in [0.25, 0.3) is 5.91 Å². The highest BCUT2D eigenvalue weighted by Gasteiger charge is 2.16. The summed E-state index contributed by atoms with van der Waals surface area (Å²) in [4.78, 5) is 13.9. The van der Waals surface area contributed by atoms with E-state index in [2.05, 4.69) is 5.32 Å². The zero-order valence-corrected chi connectivity index (χ0v) is 10.4. The first kappa shape index (κ1) is 12.1. The summed E-state index contributed by atoms with van der Waals surface area (Å²) in [6.07, 6.45) is 3.56. The van der Waals surface area contributed by atoms with Crippen LogP contribution in [0.5, 0.6) is 0 Å². The molecule has 1 aromatic rings. The van der Waals surface area contributed by atoms with Crippen LogP contribution in [0.25, 0.3) is 0 Å². The summed E-state index contributed by atoms with van der Waals surface area (Å²) >= 11 is 0. The Hall–Kier alpha value is -1.35. The van der Waals surface area contributed by atoms with Gasteiger partial charge in [-0.25, -0.2) is 0 Å². The van der Waals surface area contributed by atoms with Crippen LogP contribution in [-0.4, -0.2) is 37.0 Å². The van der Waals surface area contributed by atoms with Crippen LogP contribution in [-0.2, 0) is 0 Å². The van der Waals surface area contributed by atoms with Crippen LogP contribution in [0.3, 0.4) is 0 Å². The summed E-state index contributed by atoms with van der Waals surface area (Å²) in [5, 5.41) is 3.45. The number of amides is 1. The molecule has 1 saturated heterocycles. The number of hydrogen-bond acceptors (Lipinski definition) is 2. The molecular formula is C14H20N2O. The van der Waals surface area contributed by atoms with E-state index in [0.29, 0.717) is 6.04 Å². The van der Waals surface area contributed by atoms with Gasteiger partial charge in [0, 0.05) is 25.2 Å². The first-order chi connectivity index (χ1) is 8.27. The topological polar surface area (TPSA) is 32.3 Å². The van der Waals surface area contributed by atoms with Crippen molar-refractivity contribution in [2.24, 2.45) is 0 Å². The molecule has 0 aliphatic carbocycles. The first-order valence-corrected chi connectivity index (χ1v) is 6.31. The summed E-state index contributed by atoms with van der Waals surface area (Å²) in [5.41, 5.74) is 0.773. The Bertz CT molecular complexity index is 358. The molecule has 3 heteroatoms. The maximum absolute atomic E-state index is 12.1. The third-order valence-electron chi connectivity index (χ3n) is 3.34. The number of nitrogens with one attached hydrogen (secondary N) is 1. The fourth-order valence-electron chi connectivity index (χ4n) is 2.26. The van der Waals surface area contributed by atoms with E-state index in [1.807, 2.05) is 42.3 Å². The van der Waals surface area contributed by atoms with E-state index in [4.69, 9.17) is 0 Å². The first-order valence-electron chi connectivity index (χ1n) is 6.31. The molecule has 0 saturated carbocycles. The lowest BCUT2D eigenvalue weighted by atomic mass is 10.1. The van der Waals surface area contributed by atoms with Gasteiger partial charge in [0.15, 0.2) is 0 Å². The predicted octanol–water partition coefficient (Wildman–Crippen LogP) is 1.90. The van der Waals surface area contributed by atoms with E-state index in [0.717, 1.165) is 25.1 Å². The minimum atomic E-state index is 0.114. The Kier molecular flexibility index (Phi) is 4.15. The molecule has 92 valence electrons. The van der Waals surface area contributed by atoms with Gasteiger partial charge >= 0.3 is 0 Å². The number of rotatable bonds is 4. The number of carbonyl (C=O) groups excluding carboxylic acids is 1. The maximum Gasteiger partial charge on any atom is 0.253 e. The highest BCUT2D eigenvalue weighted by Crippen LogP contribution is 2.10. The molecule has 0 bridgehead atoms. The molecule has 1 amide bonds. The quantitative estimate of drug-likeness (QED) is 0.860. The second-order valence-corrected chi connectivity index (χ2v) is 4.67. The van der Waals surface area contributed by atoms with E-state index in [-0.39, 0.29) is 5.91 Å². The molecule has 17 heavy (non-hydrogen) atoms. The highest BCUT2D eigenvalue weighted by atomic mass is 16.2. The Morgan fingerprint density at radius 1 is 1.41 bits per heavy atom. The Labute approximate surface area is 103 Å². The fourth-order valence-corrected chi connectivity index (χ4v) is 2.26. The van der Waals surface area contributed by atoms with Crippen LogP contribution < -0.4 is 5.32 Å². The standard InChI is InChI=1S/C14H20N2O/c1-16(11-9-13-8-5-10-15-13)14(17)12-6-3-2-4-7-12/h2-4,6-7,13,15H,5,8-11H2,1H3. The monoisotopic (exact) mass is 232 g/mol. The van der Waals surface area contributed by atoms with Crippen molar-refractivity contribution in [3.05, 3.63) is 35.9 Å². The summed E-state index contributed by atoms with van der Waals surface area (Å²) in [6, 6.07) is 10.1. The molecule has 1 aliphatic rings. The van der Waals surface area contributed by atoms with Gasteiger partial charge in [0.05, 0.1) is 0 Å². The molecule has 1 aromatic carbocycles. The van der Waals surface area contributed by atoms with E-state index < -0.39 is 0 Å². The van der Waals surface area contributed by atoms with Crippen LogP contribution >= 0.6 is 0 Å². The lowest BCUT2D eigenvalue weighted by Crippen LogP contribution is -2.32. The van der Waals surface area contributed by atoms with Crippen molar-refractivity contribution in [2.45, 2.75) is 25.3 Å². The second-order valence-electron chi connectivity index (χ2n) is 4.67. The van der Waals surface area contributed by atoms with Crippen molar-refractivity contribution in [1.29, 1.82) is 0 Å². The van der Waals surface area contributed by atoms with Crippen LogP contribution in [0.15, 0.2) is 30.3 Å². The van der Waals surface area contributed by atoms with Crippen molar-refractivity contribution in [2.75, 3.05) is 20.1 Å². The Balaban J connectivity index is 1.83. The smallest absolute Gasteiger partial charge is 0.253 e. The summed E-state index contributed by atoms with van der Waals surface area (Å²) in [6.45, 7) is 1.95. The number of carbonyl (C=O) groups is 1. The van der Waals surface area contributed by atoms with Crippen molar-refractivity contribution in [3.63, 3.8) is 0 Å². The molecule has 0 spiro atoms. The summed E-state index contributed by atoms with van der Waals surface area (Å²) < 4.78 is 0. The molecule has 1 N–H and O–H groups in total. The SMILES string of the molecule is CN(CCC1CCCN1)C(=O)c1ccccc1. The van der Waals surface area contributed by atoms with Gasteiger partial charge in [0.2, 0.25) is 0 Å². The average Bonchev–Trinajstić information content (AvgIpc) is 2.89. The molecule has 3 nitrogen and oxygen atoms in total. The summed E-state index contributed by atoms with van der Waals surface area (Å²) in [5.74, 6) is 0.114. The van der Waals surface area contributed by atoms with Crippen molar-refractivity contribution in [1.82, 2.24) is 10.2 Å². The zero-order chi connectivity index (χ0) is 12.1. The van der Waals surface area contributed by atoms with E-state index in [1.54, 1.807) is 0 Å². The van der Waals surface area contributed by atoms with Gasteiger partial charge in [0.1, 0.15) is 0 Å². The second kappa shape index (κ2) is 5.82. The molecular weight excluding hydrogens is 212 g/mol. The van der Waals surface area contributed by atoms with Crippen LogP contribution in [0, 0.1) is 0 Å². The normalized spacial score (nSPS) is 19.2. The Morgan fingerprint density at radius 3 is 2.82 bits per heavy atom. The van der Waals surface area contributed by atoms with Crippen molar-refractivity contribution < 1.29 is 4.79 Å². The Morgan fingerprint density at radius 2 is 2.18 bits per heavy atom. The molecule has 1 fully saturated rings. The van der Waals surface area contributed by atoms with Gasteiger partial charge in [-0.05, 0) is 37.9 Å². The van der Waals surface area contributed by atoms with Gasteiger partial charge in [-0.2, -0.15) is 0 Å². The van der Waals surface area contributed by atoms with Crippen LogP contribution in [0.1, 0.15) is 29.6 Å². The molecule has 0 aromatic heterocycles. The molecule has 1 heterocycles. The fraction of sp³-hybridized carbons (Fsp3) is 0.500. The third-order valence-corrected chi connectivity index (χ3v) is 3.34. The van der Waals surface area contributed by atoms with Gasteiger partial charge < -0.3 is 10.2 Å².